The predicted octanol–water partition coefficient (Wildman–Crippen LogP) is 4.67. The molecule has 1 aliphatic carbocycles. The molecule has 2 rings (SSSR count). The Bertz CT molecular complexity index is 353. The molecule has 1 N–H and O–H groups in total. The molecular weight excluding hydrogens is 230 g/mol. The number of nitrogens with one attached hydrogen (secondary N) is 1. The summed E-state index contributed by atoms with van der Waals surface area (Å²) in [6.45, 7) is 2.28. The first-order valence-electron chi connectivity index (χ1n) is 8.06. The Hall–Kier alpha value is -0.820. The zero-order valence-corrected chi connectivity index (χ0v) is 12.6. The summed E-state index contributed by atoms with van der Waals surface area (Å²) in [6.07, 6.45) is 11.0. The number of likely N-dealkylation sites (N-methyl/N-ethyl adjacent to an activating group) is 1. The minimum atomic E-state index is 0.445. The second-order valence-corrected chi connectivity index (χ2v) is 6.07. The fourth-order valence-electron chi connectivity index (χ4n) is 3.39. The summed E-state index contributed by atoms with van der Waals surface area (Å²) in [5.74, 6) is 0. The van der Waals surface area contributed by atoms with Crippen LogP contribution < -0.4 is 5.32 Å². The van der Waals surface area contributed by atoms with Crippen molar-refractivity contribution in [2.24, 2.45) is 0 Å². The Balaban J connectivity index is 1.87. The highest BCUT2D eigenvalue weighted by Crippen LogP contribution is 2.51. The summed E-state index contributed by atoms with van der Waals surface area (Å²) in [4.78, 5) is 0. The minimum Gasteiger partial charge on any atom is -0.316 e. The number of benzene rings is 1. The smallest absolute Gasteiger partial charge is 0.0161 e. The Morgan fingerprint density at radius 1 is 1.05 bits per heavy atom. The highest BCUT2D eigenvalue weighted by Gasteiger charge is 2.49. The molecule has 1 unspecified atom stereocenters. The number of unbranched alkanes of at least 4 members (excludes halogenated alkanes) is 4. The van der Waals surface area contributed by atoms with E-state index in [2.05, 4.69) is 49.6 Å². The van der Waals surface area contributed by atoms with Crippen molar-refractivity contribution < 1.29 is 0 Å². The van der Waals surface area contributed by atoms with Gasteiger partial charge in [0.15, 0.2) is 0 Å². The second-order valence-electron chi connectivity index (χ2n) is 6.07. The van der Waals surface area contributed by atoms with Gasteiger partial charge in [-0.2, -0.15) is 0 Å². The van der Waals surface area contributed by atoms with E-state index in [1.54, 1.807) is 5.56 Å². The van der Waals surface area contributed by atoms with E-state index in [0.717, 1.165) is 0 Å². The average Bonchev–Trinajstić information content (AvgIpc) is 3.25. The molecule has 0 aliphatic heterocycles. The first kappa shape index (κ1) is 14.6. The van der Waals surface area contributed by atoms with Crippen molar-refractivity contribution in [3.05, 3.63) is 35.9 Å². The Kier molecular flexibility index (Phi) is 5.45. The number of hydrogen-bond acceptors (Lipinski definition) is 1. The molecule has 0 heterocycles. The SMILES string of the molecule is CCCCCCCC(NC)C1(c2ccccc2)CC1. The lowest BCUT2D eigenvalue weighted by molar-refractivity contribution is 0.400. The fraction of sp³-hybridized carbons (Fsp3) is 0.667. The van der Waals surface area contributed by atoms with E-state index in [1.807, 2.05) is 0 Å². The van der Waals surface area contributed by atoms with Crippen molar-refractivity contribution in [3.8, 4) is 0 Å². The highest BCUT2D eigenvalue weighted by molar-refractivity contribution is 5.33. The van der Waals surface area contributed by atoms with Gasteiger partial charge in [-0.25, -0.2) is 0 Å². The maximum absolute atomic E-state index is 3.59. The summed E-state index contributed by atoms with van der Waals surface area (Å²) in [6, 6.07) is 11.8. The Morgan fingerprint density at radius 2 is 1.74 bits per heavy atom. The van der Waals surface area contributed by atoms with Crippen LogP contribution >= 0.6 is 0 Å². The molecule has 0 aromatic heterocycles. The molecule has 0 amide bonds. The molecule has 0 spiro atoms. The monoisotopic (exact) mass is 259 g/mol. The lowest BCUT2D eigenvalue weighted by atomic mass is 9.85. The maximum atomic E-state index is 3.59. The minimum absolute atomic E-state index is 0.445. The van der Waals surface area contributed by atoms with E-state index in [9.17, 15) is 0 Å². The van der Waals surface area contributed by atoms with E-state index in [1.165, 1.54) is 51.4 Å². The van der Waals surface area contributed by atoms with Gasteiger partial charge in [-0.1, -0.05) is 69.4 Å². The molecule has 0 bridgehead atoms. The van der Waals surface area contributed by atoms with E-state index in [4.69, 9.17) is 0 Å². The van der Waals surface area contributed by atoms with Crippen molar-refractivity contribution in [2.45, 2.75) is 69.7 Å². The van der Waals surface area contributed by atoms with Gasteiger partial charge in [0.1, 0.15) is 0 Å². The summed E-state index contributed by atoms with van der Waals surface area (Å²) >= 11 is 0. The predicted molar refractivity (Wildman–Crippen MR) is 83.6 cm³/mol. The van der Waals surface area contributed by atoms with Crippen molar-refractivity contribution in [2.75, 3.05) is 7.05 Å². The van der Waals surface area contributed by atoms with Crippen LogP contribution in [-0.4, -0.2) is 13.1 Å². The van der Waals surface area contributed by atoms with Gasteiger partial charge < -0.3 is 5.32 Å². The normalized spacial score (nSPS) is 18.2. The molecule has 0 radical (unpaired) electrons. The zero-order chi connectivity index (χ0) is 13.6. The summed E-state index contributed by atoms with van der Waals surface area (Å²) in [7, 11) is 2.14. The van der Waals surface area contributed by atoms with Gasteiger partial charge >= 0.3 is 0 Å². The van der Waals surface area contributed by atoms with E-state index in [0.29, 0.717) is 11.5 Å². The van der Waals surface area contributed by atoms with Crippen molar-refractivity contribution in [1.82, 2.24) is 5.32 Å². The standard InChI is InChI=1S/C18H29N/c1-3-4-5-6-10-13-17(19-2)18(14-15-18)16-11-8-7-9-12-16/h7-9,11-12,17,19H,3-6,10,13-15H2,1-2H3. The molecule has 1 saturated carbocycles. The van der Waals surface area contributed by atoms with Crippen LogP contribution in [0.15, 0.2) is 30.3 Å². The molecule has 106 valence electrons. The third-order valence-corrected chi connectivity index (χ3v) is 4.75. The van der Waals surface area contributed by atoms with Gasteiger partial charge in [-0.3, -0.25) is 0 Å². The summed E-state index contributed by atoms with van der Waals surface area (Å²) in [5, 5.41) is 3.59. The topological polar surface area (TPSA) is 12.0 Å². The highest BCUT2D eigenvalue weighted by atomic mass is 14.9. The van der Waals surface area contributed by atoms with Gasteiger partial charge in [0.2, 0.25) is 0 Å². The number of rotatable bonds is 9. The quantitative estimate of drug-likeness (QED) is 0.636. The summed E-state index contributed by atoms with van der Waals surface area (Å²) in [5.41, 5.74) is 1.99. The molecule has 1 heteroatoms. The molecule has 1 fully saturated rings. The lowest BCUT2D eigenvalue weighted by Crippen LogP contribution is -2.37. The van der Waals surface area contributed by atoms with E-state index in [-0.39, 0.29) is 0 Å². The molecule has 19 heavy (non-hydrogen) atoms. The van der Waals surface area contributed by atoms with Crippen LogP contribution in [0.4, 0.5) is 0 Å². The molecule has 1 atom stereocenters. The van der Waals surface area contributed by atoms with Crippen LogP contribution in [0, 0.1) is 0 Å². The Morgan fingerprint density at radius 3 is 2.32 bits per heavy atom. The van der Waals surface area contributed by atoms with Crippen LogP contribution in [-0.2, 0) is 5.41 Å². The second kappa shape index (κ2) is 7.09. The first-order valence-corrected chi connectivity index (χ1v) is 8.06. The van der Waals surface area contributed by atoms with Crippen LogP contribution in [0.3, 0.4) is 0 Å². The van der Waals surface area contributed by atoms with E-state index < -0.39 is 0 Å². The van der Waals surface area contributed by atoms with Gasteiger partial charge in [-0.05, 0) is 31.9 Å². The molecule has 1 aromatic rings. The first-order chi connectivity index (χ1) is 9.33. The number of hydrogen-bond donors (Lipinski definition) is 1. The van der Waals surface area contributed by atoms with Crippen molar-refractivity contribution in [1.29, 1.82) is 0 Å². The van der Waals surface area contributed by atoms with E-state index >= 15 is 0 Å². The Labute approximate surface area is 118 Å². The van der Waals surface area contributed by atoms with Crippen molar-refractivity contribution in [3.63, 3.8) is 0 Å². The van der Waals surface area contributed by atoms with Gasteiger partial charge in [0.25, 0.3) is 0 Å². The average molecular weight is 259 g/mol. The molecular formula is C18H29N. The van der Waals surface area contributed by atoms with Gasteiger partial charge in [0.05, 0.1) is 0 Å². The largest absolute Gasteiger partial charge is 0.316 e. The van der Waals surface area contributed by atoms with Gasteiger partial charge in [-0.15, -0.1) is 0 Å². The lowest BCUT2D eigenvalue weighted by Gasteiger charge is -2.27. The van der Waals surface area contributed by atoms with Crippen LogP contribution in [0.1, 0.15) is 63.9 Å². The van der Waals surface area contributed by atoms with Crippen LogP contribution in [0.2, 0.25) is 0 Å². The molecule has 1 nitrogen and oxygen atoms in total. The van der Waals surface area contributed by atoms with Crippen molar-refractivity contribution >= 4 is 0 Å². The fourth-order valence-corrected chi connectivity index (χ4v) is 3.39. The zero-order valence-electron chi connectivity index (χ0n) is 12.6. The molecule has 0 saturated heterocycles. The summed E-state index contributed by atoms with van der Waals surface area (Å²) < 4.78 is 0. The van der Waals surface area contributed by atoms with Crippen LogP contribution in [0.25, 0.3) is 0 Å². The maximum Gasteiger partial charge on any atom is 0.0161 e. The molecule has 1 aromatic carbocycles. The third kappa shape index (κ3) is 3.60. The molecule has 1 aliphatic rings. The third-order valence-electron chi connectivity index (χ3n) is 4.75. The van der Waals surface area contributed by atoms with Crippen LogP contribution in [0.5, 0.6) is 0 Å². The van der Waals surface area contributed by atoms with Gasteiger partial charge in [0, 0.05) is 11.5 Å².